The highest BCUT2D eigenvalue weighted by molar-refractivity contribution is 5.80. The number of esters is 1. The van der Waals surface area contributed by atoms with Crippen molar-refractivity contribution in [1.29, 1.82) is 0 Å². The molecule has 1 atom stereocenters. The zero-order valence-electron chi connectivity index (χ0n) is 18.8. The van der Waals surface area contributed by atoms with Gasteiger partial charge >= 0.3 is 11.9 Å². The maximum Gasteiger partial charge on any atom is 0.328 e. The predicted molar refractivity (Wildman–Crippen MR) is 114 cm³/mol. The van der Waals surface area contributed by atoms with E-state index in [4.69, 9.17) is 9.84 Å². The summed E-state index contributed by atoms with van der Waals surface area (Å²) in [5.74, 6) is -2.47. The largest absolute Gasteiger partial charge is 0.550 e. The molecule has 7 nitrogen and oxygen atoms in total. The van der Waals surface area contributed by atoms with Gasteiger partial charge in [0.15, 0.2) is 6.10 Å². The molecule has 0 spiro atoms. The molecule has 0 saturated carbocycles. The van der Waals surface area contributed by atoms with Gasteiger partial charge in [0.05, 0.1) is 21.1 Å². The third-order valence-electron chi connectivity index (χ3n) is 4.43. The number of carbonyl (C=O) groups excluding carboxylic acids is 2. The Morgan fingerprint density at radius 1 is 0.933 bits per heavy atom. The Kier molecular flexibility index (Phi) is 15.4. The minimum absolute atomic E-state index is 0.268. The third kappa shape index (κ3) is 20.6. The topological polar surface area (TPSA) is 104 Å². The van der Waals surface area contributed by atoms with Crippen LogP contribution in [0.15, 0.2) is 24.3 Å². The number of quaternary nitrogens is 1. The number of hydrogen-bond donors (Lipinski definition) is 1. The van der Waals surface area contributed by atoms with Crippen LogP contribution < -0.4 is 5.11 Å². The fourth-order valence-corrected chi connectivity index (χ4v) is 3.09. The lowest BCUT2D eigenvalue weighted by atomic mass is 10.1. The number of allylic oxidation sites excluding steroid dienone is 3. The van der Waals surface area contributed by atoms with Crippen LogP contribution in [0.4, 0.5) is 0 Å². The van der Waals surface area contributed by atoms with Gasteiger partial charge in [0, 0.05) is 24.9 Å². The van der Waals surface area contributed by atoms with Gasteiger partial charge in [0.2, 0.25) is 0 Å². The van der Waals surface area contributed by atoms with Crippen molar-refractivity contribution in [2.24, 2.45) is 0 Å². The van der Waals surface area contributed by atoms with Crippen molar-refractivity contribution in [3.05, 3.63) is 24.3 Å². The molecule has 0 aromatic carbocycles. The van der Waals surface area contributed by atoms with Gasteiger partial charge in [0.25, 0.3) is 0 Å². The summed E-state index contributed by atoms with van der Waals surface area (Å²) in [4.78, 5) is 33.1. The van der Waals surface area contributed by atoms with Crippen molar-refractivity contribution in [3.8, 4) is 0 Å². The summed E-state index contributed by atoms with van der Waals surface area (Å²) in [6.45, 7) is 0.439. The first-order valence-corrected chi connectivity index (χ1v) is 10.9. The summed E-state index contributed by atoms with van der Waals surface area (Å²) in [7, 11) is 5.77. The quantitative estimate of drug-likeness (QED) is 0.119. The van der Waals surface area contributed by atoms with Crippen molar-refractivity contribution >= 4 is 17.9 Å². The highest BCUT2D eigenvalue weighted by Crippen LogP contribution is 2.12. The van der Waals surface area contributed by atoms with E-state index < -0.39 is 18.0 Å². The van der Waals surface area contributed by atoms with Gasteiger partial charge in [-0.05, 0) is 19.3 Å². The first kappa shape index (κ1) is 27.8. The molecule has 0 rings (SSSR count). The average molecular weight is 426 g/mol. The van der Waals surface area contributed by atoms with E-state index in [1.165, 1.54) is 18.9 Å². The molecule has 0 aliphatic rings. The van der Waals surface area contributed by atoms with Crippen LogP contribution in [0.2, 0.25) is 0 Å². The third-order valence-corrected chi connectivity index (χ3v) is 4.43. The summed E-state index contributed by atoms with van der Waals surface area (Å²) in [6.07, 6.45) is 15.3. The van der Waals surface area contributed by atoms with Gasteiger partial charge < -0.3 is 24.2 Å². The van der Waals surface area contributed by atoms with Crippen LogP contribution in [0.5, 0.6) is 0 Å². The lowest BCUT2D eigenvalue weighted by molar-refractivity contribution is -0.873. The van der Waals surface area contributed by atoms with Crippen LogP contribution in [0.3, 0.4) is 0 Å². The first-order chi connectivity index (χ1) is 14.1. The molecule has 0 heterocycles. The summed E-state index contributed by atoms with van der Waals surface area (Å²) in [5.41, 5.74) is 0. The molecule has 0 saturated heterocycles. The summed E-state index contributed by atoms with van der Waals surface area (Å²) < 4.78 is 5.86. The zero-order valence-corrected chi connectivity index (χ0v) is 18.8. The van der Waals surface area contributed by atoms with Crippen molar-refractivity contribution in [2.75, 3.05) is 27.7 Å². The number of aliphatic carboxylic acids is 2. The monoisotopic (exact) mass is 425 g/mol. The number of rotatable bonds is 18. The van der Waals surface area contributed by atoms with E-state index >= 15 is 0 Å². The Labute approximate surface area is 181 Å². The molecule has 7 heteroatoms. The Morgan fingerprint density at radius 3 is 2.03 bits per heavy atom. The maximum absolute atomic E-state index is 12.0. The molecule has 0 bridgehead atoms. The molecule has 0 aliphatic carbocycles. The fourth-order valence-electron chi connectivity index (χ4n) is 3.09. The van der Waals surface area contributed by atoms with E-state index in [0.29, 0.717) is 17.4 Å². The van der Waals surface area contributed by atoms with E-state index in [0.717, 1.165) is 51.0 Å². The number of nitrogens with zero attached hydrogens (tertiary/aromatic N) is 1. The molecule has 0 aliphatic heterocycles. The van der Waals surface area contributed by atoms with Crippen molar-refractivity contribution in [1.82, 2.24) is 0 Å². The highest BCUT2D eigenvalue weighted by atomic mass is 16.5. The molecule has 0 aromatic heterocycles. The highest BCUT2D eigenvalue weighted by Gasteiger charge is 2.22. The van der Waals surface area contributed by atoms with Crippen LogP contribution >= 0.6 is 0 Å². The number of unbranched alkanes of at least 4 members (excludes halogenated alkanes) is 8. The number of carbonyl (C=O) groups is 3. The van der Waals surface area contributed by atoms with Crippen molar-refractivity contribution < 1.29 is 33.8 Å². The first-order valence-electron chi connectivity index (χ1n) is 10.9. The molecule has 0 fully saturated rings. The van der Waals surface area contributed by atoms with Crippen molar-refractivity contribution in [2.45, 2.75) is 76.7 Å². The van der Waals surface area contributed by atoms with Gasteiger partial charge in [-0.25, -0.2) is 4.79 Å². The molecule has 1 unspecified atom stereocenters. The van der Waals surface area contributed by atoms with Gasteiger partial charge in [-0.15, -0.1) is 0 Å². The molecule has 0 aromatic rings. The molecule has 0 amide bonds. The van der Waals surface area contributed by atoms with E-state index in [1.807, 2.05) is 27.2 Å². The molecule has 1 N–H and O–H groups in total. The summed E-state index contributed by atoms with van der Waals surface area (Å²) >= 11 is 0. The minimum atomic E-state index is -1.20. The fraction of sp³-hybridized carbons (Fsp3) is 0.696. The molecular weight excluding hydrogens is 386 g/mol. The van der Waals surface area contributed by atoms with Crippen LogP contribution in [0, 0.1) is 0 Å². The Balaban J connectivity index is 3.70. The number of hydrogen-bond acceptors (Lipinski definition) is 5. The Morgan fingerprint density at radius 2 is 1.50 bits per heavy atom. The molecular formula is C23H39NO6. The smallest absolute Gasteiger partial charge is 0.328 e. The van der Waals surface area contributed by atoms with Gasteiger partial charge in [-0.2, -0.15) is 0 Å². The molecule has 0 radical (unpaired) electrons. The van der Waals surface area contributed by atoms with Gasteiger partial charge in [-0.3, -0.25) is 4.79 Å². The standard InChI is InChI=1S/C23H39NO6/c1-24(2,3)19-20(18-22(27)28)30-23(29)17-15-13-11-9-7-5-4-6-8-10-12-14-16-21(25)26/h10,12,14,16,20H,4-9,11,13,15,17-19H2,1-3H3,(H-,25,26,27,28)/b12-10+,16-14+. The summed E-state index contributed by atoms with van der Waals surface area (Å²) in [5, 5.41) is 19.3. The minimum Gasteiger partial charge on any atom is -0.550 e. The van der Waals surface area contributed by atoms with Crippen molar-refractivity contribution in [3.63, 3.8) is 0 Å². The summed E-state index contributed by atoms with van der Waals surface area (Å²) in [6, 6.07) is 0. The van der Waals surface area contributed by atoms with Crippen LogP contribution in [-0.2, 0) is 19.1 Å². The van der Waals surface area contributed by atoms with Crippen LogP contribution in [0.25, 0.3) is 0 Å². The number of ether oxygens (including phenoxy) is 1. The average Bonchev–Trinajstić information content (AvgIpc) is 2.59. The second-order valence-electron chi connectivity index (χ2n) is 8.65. The lowest BCUT2D eigenvalue weighted by Crippen LogP contribution is -2.45. The second kappa shape index (κ2) is 16.6. The molecule has 30 heavy (non-hydrogen) atoms. The predicted octanol–water partition coefficient (Wildman–Crippen LogP) is 2.84. The Hall–Kier alpha value is -2.15. The SMILES string of the molecule is C[N+](C)(C)CC(CC(=O)[O-])OC(=O)CCCCCCCCCC/C=C/C=C/C(=O)O. The normalized spacial score (nSPS) is 13.0. The van der Waals surface area contributed by atoms with E-state index in [2.05, 4.69) is 0 Å². The van der Waals surface area contributed by atoms with E-state index in [1.54, 1.807) is 6.08 Å². The zero-order chi connectivity index (χ0) is 22.8. The Bertz CT molecular complexity index is 563. The number of carboxylic acid groups (broad SMARTS) is 2. The molecule has 172 valence electrons. The second-order valence-corrected chi connectivity index (χ2v) is 8.65. The van der Waals surface area contributed by atoms with E-state index in [-0.39, 0.29) is 12.4 Å². The van der Waals surface area contributed by atoms with Gasteiger partial charge in [0.1, 0.15) is 6.54 Å². The number of carboxylic acids is 2. The van der Waals surface area contributed by atoms with Crippen LogP contribution in [0.1, 0.15) is 70.6 Å². The van der Waals surface area contributed by atoms with Crippen LogP contribution in [-0.4, -0.2) is 61.3 Å². The lowest BCUT2D eigenvalue weighted by Gasteiger charge is -2.29. The maximum atomic E-state index is 12.0. The van der Waals surface area contributed by atoms with E-state index in [9.17, 15) is 19.5 Å². The number of likely N-dealkylation sites (N-methyl/N-ethyl adjacent to an activating group) is 1. The van der Waals surface area contributed by atoms with Gasteiger partial charge in [-0.1, -0.05) is 56.8 Å².